The predicted octanol–water partition coefficient (Wildman–Crippen LogP) is 4.29. The molecule has 5 heteroatoms. The molecule has 5 nitrogen and oxygen atoms in total. The van der Waals surface area contributed by atoms with Gasteiger partial charge < -0.3 is 14.6 Å². The van der Waals surface area contributed by atoms with Crippen LogP contribution < -0.4 is 9.47 Å². The van der Waals surface area contributed by atoms with Gasteiger partial charge in [0.05, 0.1) is 12.7 Å². The number of aliphatic carboxylic acids is 1. The number of nitrogens with zero attached hydrogens (tertiary/aromatic N) is 1. The molecule has 0 radical (unpaired) electrons. The van der Waals surface area contributed by atoms with Crippen molar-refractivity contribution in [3.63, 3.8) is 0 Å². The summed E-state index contributed by atoms with van der Waals surface area (Å²) in [5, 5.41) is 9.57. The maximum atomic E-state index is 11.7. The lowest BCUT2D eigenvalue weighted by Crippen LogP contribution is -2.00. The molecular formula is C22H19NO4. The summed E-state index contributed by atoms with van der Waals surface area (Å²) in [6, 6.07) is 20.3. The predicted molar refractivity (Wildman–Crippen MR) is 104 cm³/mol. The first-order chi connectivity index (χ1) is 13.2. The Labute approximate surface area is 157 Å². The van der Waals surface area contributed by atoms with Gasteiger partial charge in [-0.2, -0.15) is 0 Å². The monoisotopic (exact) mass is 361 g/mol. The molecule has 27 heavy (non-hydrogen) atoms. The molecule has 0 aliphatic heterocycles. The molecule has 0 amide bonds. The average molecular weight is 361 g/mol. The Morgan fingerprint density at radius 2 is 1.78 bits per heavy atom. The molecule has 0 bridgehead atoms. The third-order valence-corrected chi connectivity index (χ3v) is 3.92. The van der Waals surface area contributed by atoms with Gasteiger partial charge in [-0.15, -0.1) is 0 Å². The van der Waals surface area contributed by atoms with Crippen LogP contribution in [0.3, 0.4) is 0 Å². The minimum Gasteiger partial charge on any atom is -0.489 e. The minimum absolute atomic E-state index is 0.177. The highest BCUT2D eigenvalue weighted by Crippen LogP contribution is 2.22. The quantitative estimate of drug-likeness (QED) is 0.636. The van der Waals surface area contributed by atoms with Gasteiger partial charge in [-0.25, -0.2) is 9.78 Å². The van der Waals surface area contributed by atoms with Gasteiger partial charge in [0.25, 0.3) is 0 Å². The topological polar surface area (TPSA) is 68.7 Å². The van der Waals surface area contributed by atoms with E-state index in [9.17, 15) is 9.90 Å². The van der Waals surface area contributed by atoms with Crippen molar-refractivity contribution in [3.8, 4) is 11.6 Å². The molecule has 1 aromatic heterocycles. The van der Waals surface area contributed by atoms with E-state index in [0.717, 1.165) is 5.56 Å². The Morgan fingerprint density at radius 3 is 2.37 bits per heavy atom. The summed E-state index contributed by atoms with van der Waals surface area (Å²) in [6.45, 7) is 0.458. The molecule has 0 unspecified atom stereocenters. The number of hydrogen-bond acceptors (Lipinski definition) is 4. The van der Waals surface area contributed by atoms with Crippen LogP contribution in [0.25, 0.3) is 11.6 Å². The van der Waals surface area contributed by atoms with Crippen LogP contribution >= 0.6 is 0 Å². The van der Waals surface area contributed by atoms with Gasteiger partial charge in [0, 0.05) is 12.3 Å². The van der Waals surface area contributed by atoms with Crippen LogP contribution in [0.5, 0.6) is 11.6 Å². The van der Waals surface area contributed by atoms with E-state index in [-0.39, 0.29) is 5.57 Å². The molecule has 3 rings (SSSR count). The van der Waals surface area contributed by atoms with Gasteiger partial charge in [-0.05, 0) is 41.0 Å². The molecule has 0 saturated heterocycles. The number of carboxylic acid groups (broad SMARTS) is 1. The summed E-state index contributed by atoms with van der Waals surface area (Å²) >= 11 is 0. The molecule has 0 saturated carbocycles. The fourth-order valence-electron chi connectivity index (χ4n) is 2.50. The van der Waals surface area contributed by atoms with Gasteiger partial charge in [0.2, 0.25) is 5.88 Å². The van der Waals surface area contributed by atoms with Crippen molar-refractivity contribution in [1.29, 1.82) is 0 Å². The summed E-state index contributed by atoms with van der Waals surface area (Å²) in [5.74, 6) is 0.145. The van der Waals surface area contributed by atoms with Crippen LogP contribution in [0.2, 0.25) is 0 Å². The van der Waals surface area contributed by atoms with Crippen molar-refractivity contribution >= 4 is 17.6 Å². The van der Waals surface area contributed by atoms with E-state index in [4.69, 9.17) is 9.47 Å². The first kappa shape index (κ1) is 18.2. The summed E-state index contributed by atoms with van der Waals surface area (Å²) in [6.07, 6.45) is 3.15. The van der Waals surface area contributed by atoms with Gasteiger partial charge in [0.15, 0.2) is 0 Å². The van der Waals surface area contributed by atoms with Crippen LogP contribution in [-0.2, 0) is 11.4 Å². The standard InChI is InChI=1S/C22H19NO4/c1-26-21-12-7-17(14-23-21)13-20(22(24)25)18-8-10-19(11-9-18)27-15-16-5-3-2-4-6-16/h2-14H,15H2,1H3,(H,24,25). The number of benzene rings is 2. The maximum absolute atomic E-state index is 11.7. The van der Waals surface area contributed by atoms with Gasteiger partial charge in [-0.1, -0.05) is 42.5 Å². The smallest absolute Gasteiger partial charge is 0.336 e. The number of methoxy groups -OCH3 is 1. The molecule has 0 aliphatic carbocycles. The highest BCUT2D eigenvalue weighted by molar-refractivity contribution is 6.20. The summed E-state index contributed by atoms with van der Waals surface area (Å²) in [5.41, 5.74) is 2.51. The molecule has 0 atom stereocenters. The van der Waals surface area contributed by atoms with Crippen LogP contribution in [0.15, 0.2) is 72.9 Å². The zero-order chi connectivity index (χ0) is 19.1. The lowest BCUT2D eigenvalue weighted by Gasteiger charge is -2.08. The van der Waals surface area contributed by atoms with E-state index in [1.165, 1.54) is 7.11 Å². The zero-order valence-electron chi connectivity index (χ0n) is 14.8. The largest absolute Gasteiger partial charge is 0.489 e. The molecule has 0 aliphatic rings. The van der Waals surface area contributed by atoms with Crippen molar-refractivity contribution < 1.29 is 19.4 Å². The zero-order valence-corrected chi connectivity index (χ0v) is 14.8. The van der Waals surface area contributed by atoms with Gasteiger partial charge in [-0.3, -0.25) is 0 Å². The fourth-order valence-corrected chi connectivity index (χ4v) is 2.50. The minimum atomic E-state index is -1.01. The lowest BCUT2D eigenvalue weighted by atomic mass is 10.0. The number of ether oxygens (including phenoxy) is 2. The second-order valence-electron chi connectivity index (χ2n) is 5.80. The number of carboxylic acids is 1. The van der Waals surface area contributed by atoms with Gasteiger partial charge >= 0.3 is 5.97 Å². The lowest BCUT2D eigenvalue weighted by molar-refractivity contribution is -0.130. The van der Waals surface area contributed by atoms with Crippen molar-refractivity contribution in [2.75, 3.05) is 7.11 Å². The highest BCUT2D eigenvalue weighted by atomic mass is 16.5. The van der Waals surface area contributed by atoms with Crippen LogP contribution in [-0.4, -0.2) is 23.2 Å². The Bertz CT molecular complexity index is 917. The summed E-state index contributed by atoms with van der Waals surface area (Å²) in [4.78, 5) is 15.8. The molecule has 1 heterocycles. The summed E-state index contributed by atoms with van der Waals surface area (Å²) < 4.78 is 10.8. The molecular weight excluding hydrogens is 342 g/mol. The first-order valence-corrected chi connectivity index (χ1v) is 8.38. The Kier molecular flexibility index (Phi) is 5.84. The maximum Gasteiger partial charge on any atom is 0.336 e. The van der Waals surface area contributed by atoms with E-state index < -0.39 is 5.97 Å². The van der Waals surface area contributed by atoms with E-state index in [2.05, 4.69) is 4.98 Å². The second-order valence-corrected chi connectivity index (χ2v) is 5.80. The first-order valence-electron chi connectivity index (χ1n) is 8.38. The third-order valence-electron chi connectivity index (χ3n) is 3.92. The highest BCUT2D eigenvalue weighted by Gasteiger charge is 2.11. The Balaban J connectivity index is 1.75. The molecule has 2 aromatic carbocycles. The normalized spacial score (nSPS) is 11.1. The SMILES string of the molecule is COc1ccc(C=C(C(=O)O)c2ccc(OCc3ccccc3)cc2)cn1. The summed E-state index contributed by atoms with van der Waals surface area (Å²) in [7, 11) is 1.53. The molecule has 0 fully saturated rings. The second kappa shape index (κ2) is 8.67. The third kappa shape index (κ3) is 4.95. The molecule has 0 spiro atoms. The molecule has 136 valence electrons. The van der Waals surface area contributed by atoms with Crippen molar-refractivity contribution in [2.45, 2.75) is 6.61 Å². The Hall–Kier alpha value is -3.60. The average Bonchev–Trinajstić information content (AvgIpc) is 2.72. The number of aromatic nitrogens is 1. The van der Waals surface area contributed by atoms with E-state index in [1.807, 2.05) is 30.3 Å². The fraction of sp³-hybridized carbons (Fsp3) is 0.0909. The van der Waals surface area contributed by atoms with E-state index in [1.54, 1.807) is 48.7 Å². The van der Waals surface area contributed by atoms with Crippen LogP contribution in [0.4, 0.5) is 0 Å². The number of rotatable bonds is 7. The van der Waals surface area contributed by atoms with E-state index in [0.29, 0.717) is 29.4 Å². The number of carbonyl (C=O) groups is 1. The number of pyridine rings is 1. The van der Waals surface area contributed by atoms with Crippen molar-refractivity contribution in [3.05, 3.63) is 89.6 Å². The van der Waals surface area contributed by atoms with Crippen LogP contribution in [0.1, 0.15) is 16.7 Å². The number of hydrogen-bond donors (Lipinski definition) is 1. The molecule has 1 N–H and O–H groups in total. The van der Waals surface area contributed by atoms with Crippen molar-refractivity contribution in [2.24, 2.45) is 0 Å². The van der Waals surface area contributed by atoms with Crippen LogP contribution in [0, 0.1) is 0 Å². The van der Waals surface area contributed by atoms with E-state index >= 15 is 0 Å². The van der Waals surface area contributed by atoms with Crippen molar-refractivity contribution in [1.82, 2.24) is 4.98 Å². The van der Waals surface area contributed by atoms with Gasteiger partial charge in [0.1, 0.15) is 12.4 Å². The molecule has 3 aromatic rings. The Morgan fingerprint density at radius 1 is 1.04 bits per heavy atom.